The number of aryl methyl sites for hydroxylation is 2. The Morgan fingerprint density at radius 1 is 0.857 bits per heavy atom. The van der Waals surface area contributed by atoms with Crippen LogP contribution < -0.4 is 0 Å². The van der Waals surface area contributed by atoms with Gasteiger partial charge in [0.2, 0.25) is 0 Å². The molecule has 0 amide bonds. The third-order valence-corrected chi connectivity index (χ3v) is 5.83. The van der Waals surface area contributed by atoms with Gasteiger partial charge in [-0.2, -0.15) is 0 Å². The number of hydrogen-bond acceptors (Lipinski definition) is 3. The van der Waals surface area contributed by atoms with Gasteiger partial charge in [-0.1, -0.05) is 71.4 Å². The summed E-state index contributed by atoms with van der Waals surface area (Å²) >= 11 is 7.76. The van der Waals surface area contributed by atoms with Crippen LogP contribution in [0.1, 0.15) is 16.7 Å². The zero-order valence-corrected chi connectivity index (χ0v) is 17.3. The van der Waals surface area contributed by atoms with Crippen molar-refractivity contribution in [3.8, 4) is 17.1 Å². The molecule has 0 fully saturated rings. The number of aromatic nitrogens is 3. The average Bonchev–Trinajstić information content (AvgIpc) is 3.12. The van der Waals surface area contributed by atoms with E-state index < -0.39 is 0 Å². The molecule has 0 unspecified atom stereocenters. The highest BCUT2D eigenvalue weighted by atomic mass is 35.5. The lowest BCUT2D eigenvalue weighted by molar-refractivity contribution is 0.880. The van der Waals surface area contributed by atoms with Gasteiger partial charge in [-0.15, -0.1) is 10.2 Å². The zero-order chi connectivity index (χ0) is 19.5. The summed E-state index contributed by atoms with van der Waals surface area (Å²) in [5, 5.41) is 10.6. The maximum atomic E-state index is 6.07. The van der Waals surface area contributed by atoms with Gasteiger partial charge < -0.3 is 0 Å². The number of thioether (sulfide) groups is 1. The van der Waals surface area contributed by atoms with Crippen molar-refractivity contribution in [2.75, 3.05) is 0 Å². The van der Waals surface area contributed by atoms with Gasteiger partial charge in [0, 0.05) is 16.3 Å². The molecule has 0 bridgehead atoms. The monoisotopic (exact) mass is 405 g/mol. The number of nitrogens with zero attached hydrogens (tertiary/aromatic N) is 3. The van der Waals surface area contributed by atoms with E-state index in [2.05, 4.69) is 65.0 Å². The van der Waals surface area contributed by atoms with Crippen LogP contribution in [0.25, 0.3) is 17.1 Å². The minimum Gasteiger partial charge on any atom is -0.270 e. The van der Waals surface area contributed by atoms with Crippen LogP contribution in [0.3, 0.4) is 0 Å². The number of para-hydroxylation sites is 1. The van der Waals surface area contributed by atoms with Crippen LogP contribution in [0.15, 0.2) is 78.0 Å². The smallest absolute Gasteiger partial charge is 0.196 e. The number of benzene rings is 3. The topological polar surface area (TPSA) is 30.7 Å². The molecule has 0 N–H and O–H groups in total. The molecule has 28 heavy (non-hydrogen) atoms. The van der Waals surface area contributed by atoms with E-state index in [-0.39, 0.29) is 0 Å². The first-order valence-corrected chi connectivity index (χ1v) is 10.4. The van der Waals surface area contributed by atoms with Gasteiger partial charge in [0.25, 0.3) is 0 Å². The summed E-state index contributed by atoms with van der Waals surface area (Å²) in [6.45, 7) is 4.21. The minimum absolute atomic E-state index is 0.708. The largest absolute Gasteiger partial charge is 0.270 e. The van der Waals surface area contributed by atoms with Crippen LogP contribution in [-0.4, -0.2) is 14.8 Å². The molecule has 1 heterocycles. The molecule has 0 saturated carbocycles. The fourth-order valence-electron chi connectivity index (χ4n) is 3.01. The first-order chi connectivity index (χ1) is 13.6. The van der Waals surface area contributed by atoms with Crippen LogP contribution >= 0.6 is 23.4 Å². The molecule has 0 atom stereocenters. The second kappa shape index (κ2) is 8.21. The van der Waals surface area contributed by atoms with Crippen molar-refractivity contribution in [1.29, 1.82) is 0 Å². The molecule has 3 nitrogen and oxygen atoms in total. The van der Waals surface area contributed by atoms with Gasteiger partial charge in [-0.25, -0.2) is 0 Å². The van der Waals surface area contributed by atoms with Crippen molar-refractivity contribution in [3.05, 3.63) is 94.5 Å². The summed E-state index contributed by atoms with van der Waals surface area (Å²) in [5.74, 6) is 1.66. The Kier molecular flexibility index (Phi) is 5.51. The second-order valence-corrected chi connectivity index (χ2v) is 8.09. The Balaban J connectivity index is 1.75. The van der Waals surface area contributed by atoms with Gasteiger partial charge in [-0.05, 0) is 55.3 Å². The van der Waals surface area contributed by atoms with E-state index >= 15 is 0 Å². The molecule has 0 aliphatic rings. The average molecular weight is 406 g/mol. The van der Waals surface area contributed by atoms with Gasteiger partial charge in [0.05, 0.1) is 5.69 Å². The highest BCUT2D eigenvalue weighted by Gasteiger charge is 2.17. The van der Waals surface area contributed by atoms with E-state index in [4.69, 9.17) is 11.6 Å². The van der Waals surface area contributed by atoms with Crippen molar-refractivity contribution in [3.63, 3.8) is 0 Å². The molecule has 4 aromatic rings. The van der Waals surface area contributed by atoms with E-state index in [1.54, 1.807) is 11.8 Å². The third-order valence-electron chi connectivity index (χ3n) is 4.58. The molecule has 4 rings (SSSR count). The number of halogens is 1. The van der Waals surface area contributed by atoms with Gasteiger partial charge in [0.15, 0.2) is 11.0 Å². The van der Waals surface area contributed by atoms with Gasteiger partial charge >= 0.3 is 0 Å². The van der Waals surface area contributed by atoms with E-state index in [1.807, 2.05) is 36.4 Å². The summed E-state index contributed by atoms with van der Waals surface area (Å²) in [5.41, 5.74) is 5.78. The summed E-state index contributed by atoms with van der Waals surface area (Å²) < 4.78 is 2.14. The predicted molar refractivity (Wildman–Crippen MR) is 117 cm³/mol. The second-order valence-electron chi connectivity index (χ2n) is 6.71. The van der Waals surface area contributed by atoms with Crippen molar-refractivity contribution >= 4 is 23.4 Å². The highest BCUT2D eigenvalue weighted by molar-refractivity contribution is 7.98. The van der Waals surface area contributed by atoms with Crippen LogP contribution in [0.2, 0.25) is 5.02 Å². The molecular formula is C23H20ClN3S. The van der Waals surface area contributed by atoms with E-state index in [1.165, 1.54) is 16.7 Å². The molecule has 140 valence electrons. The first kappa shape index (κ1) is 18.8. The van der Waals surface area contributed by atoms with E-state index in [9.17, 15) is 0 Å². The van der Waals surface area contributed by atoms with Crippen LogP contribution in [-0.2, 0) is 5.75 Å². The van der Waals surface area contributed by atoms with Crippen molar-refractivity contribution < 1.29 is 0 Å². The SMILES string of the molecule is Cc1ccc(CSc2nnc(-c3ccc(Cl)cc3)n2-c2ccccc2C)cc1. The number of hydrogen-bond donors (Lipinski definition) is 0. The van der Waals surface area contributed by atoms with Crippen LogP contribution in [0.4, 0.5) is 0 Å². The number of rotatable bonds is 5. The van der Waals surface area contributed by atoms with Crippen molar-refractivity contribution in [2.24, 2.45) is 0 Å². The molecule has 0 aliphatic carbocycles. The summed E-state index contributed by atoms with van der Waals surface area (Å²) in [7, 11) is 0. The normalized spacial score (nSPS) is 11.0. The van der Waals surface area contributed by atoms with Crippen LogP contribution in [0, 0.1) is 13.8 Å². The summed E-state index contributed by atoms with van der Waals surface area (Å²) in [4.78, 5) is 0. The minimum atomic E-state index is 0.708. The third kappa shape index (κ3) is 3.98. The van der Waals surface area contributed by atoms with E-state index in [0.29, 0.717) is 5.02 Å². The standard InChI is InChI=1S/C23H20ClN3S/c1-16-7-9-18(10-8-16)15-28-23-26-25-22(19-11-13-20(24)14-12-19)27(23)21-6-4-3-5-17(21)2/h3-14H,15H2,1-2H3. The fraction of sp³-hybridized carbons (Fsp3) is 0.130. The quantitative estimate of drug-likeness (QED) is 0.355. The first-order valence-electron chi connectivity index (χ1n) is 9.07. The van der Waals surface area contributed by atoms with Gasteiger partial charge in [0.1, 0.15) is 0 Å². The Morgan fingerprint density at radius 2 is 1.57 bits per heavy atom. The van der Waals surface area contributed by atoms with Crippen molar-refractivity contribution in [1.82, 2.24) is 14.8 Å². The van der Waals surface area contributed by atoms with Gasteiger partial charge in [-0.3, -0.25) is 4.57 Å². The Hall–Kier alpha value is -2.56. The Morgan fingerprint density at radius 3 is 2.29 bits per heavy atom. The fourth-order valence-corrected chi connectivity index (χ4v) is 4.04. The lowest BCUT2D eigenvalue weighted by atomic mass is 10.1. The molecule has 1 aromatic heterocycles. The summed E-state index contributed by atoms with van der Waals surface area (Å²) in [6.07, 6.45) is 0. The molecule has 0 spiro atoms. The molecular weight excluding hydrogens is 386 g/mol. The maximum absolute atomic E-state index is 6.07. The van der Waals surface area contributed by atoms with Crippen LogP contribution in [0.5, 0.6) is 0 Å². The zero-order valence-electron chi connectivity index (χ0n) is 15.8. The Labute approximate surface area is 174 Å². The molecule has 5 heteroatoms. The Bertz CT molecular complexity index is 1090. The predicted octanol–water partition coefficient (Wildman–Crippen LogP) is 6.50. The highest BCUT2D eigenvalue weighted by Crippen LogP contribution is 2.31. The maximum Gasteiger partial charge on any atom is 0.196 e. The molecule has 0 saturated heterocycles. The van der Waals surface area contributed by atoms with Crippen molar-refractivity contribution in [2.45, 2.75) is 24.8 Å². The lowest BCUT2D eigenvalue weighted by Crippen LogP contribution is -2.02. The summed E-state index contributed by atoms with van der Waals surface area (Å²) in [6, 6.07) is 24.6. The lowest BCUT2D eigenvalue weighted by Gasteiger charge is -2.13. The molecule has 0 radical (unpaired) electrons. The molecule has 3 aromatic carbocycles. The molecule has 0 aliphatic heterocycles. The van der Waals surface area contributed by atoms with E-state index in [0.717, 1.165) is 28.0 Å².